The molecule has 8 heteroatoms. The van der Waals surface area contributed by atoms with E-state index in [1.54, 1.807) is 0 Å². The minimum Gasteiger partial charge on any atom is -0.497 e. The van der Waals surface area contributed by atoms with Crippen molar-refractivity contribution in [1.82, 2.24) is 4.57 Å². The molecule has 0 aliphatic rings. The number of rotatable bonds is 3. The molecule has 0 saturated heterocycles. The van der Waals surface area contributed by atoms with Crippen LogP contribution in [0.1, 0.15) is 5.56 Å². The Morgan fingerprint density at radius 2 is 1.86 bits per heavy atom. The Kier molecular flexibility index (Phi) is 3.61. The minimum atomic E-state index is -5.52. The van der Waals surface area contributed by atoms with Crippen LogP contribution in [0.25, 0.3) is 10.9 Å². The number of ether oxygens (including phenoxy) is 1. The van der Waals surface area contributed by atoms with Crippen LogP contribution in [0.2, 0.25) is 0 Å². The van der Waals surface area contributed by atoms with Crippen LogP contribution in [0.3, 0.4) is 0 Å². The third kappa shape index (κ3) is 2.23. The second-order valence-corrected chi connectivity index (χ2v) is 4.60. The lowest BCUT2D eigenvalue weighted by Crippen LogP contribution is -2.48. The van der Waals surface area contributed by atoms with Crippen molar-refractivity contribution < 1.29 is 31.8 Å². The summed E-state index contributed by atoms with van der Waals surface area (Å²) in [7, 11) is 2.70. The fourth-order valence-corrected chi connectivity index (χ4v) is 2.20. The highest BCUT2D eigenvalue weighted by Crippen LogP contribution is 2.46. The van der Waals surface area contributed by atoms with E-state index in [0.717, 1.165) is 6.20 Å². The molecule has 21 heavy (non-hydrogen) atoms. The maximum absolute atomic E-state index is 13.0. The molecule has 1 unspecified atom stereocenters. The highest BCUT2D eigenvalue weighted by molar-refractivity contribution is 5.86. The number of hydrogen-bond donors (Lipinski definition) is 1. The number of benzene rings is 1. The highest BCUT2D eigenvalue weighted by atomic mass is 19.4. The zero-order valence-corrected chi connectivity index (χ0v) is 11.1. The highest BCUT2D eigenvalue weighted by Gasteiger charge is 2.62. The van der Waals surface area contributed by atoms with Gasteiger partial charge in [0.2, 0.25) is 5.60 Å². The average Bonchev–Trinajstić information content (AvgIpc) is 2.73. The summed E-state index contributed by atoms with van der Waals surface area (Å²) < 4.78 is 71.0. The molecule has 116 valence electrons. The van der Waals surface area contributed by atoms with Crippen molar-refractivity contribution >= 4 is 10.9 Å². The molecule has 0 amide bonds. The minimum absolute atomic E-state index is 0.142. The van der Waals surface area contributed by atoms with Crippen LogP contribution in [-0.4, -0.2) is 29.4 Å². The predicted octanol–water partition coefficient (Wildman–Crippen LogP) is 3.20. The molecule has 1 aromatic carbocycles. The summed E-state index contributed by atoms with van der Waals surface area (Å²) in [5.74, 6) is 0.203. The van der Waals surface area contributed by atoms with Crippen molar-refractivity contribution in [1.29, 1.82) is 0 Å². The van der Waals surface area contributed by atoms with Gasteiger partial charge in [0.15, 0.2) is 0 Å². The summed E-state index contributed by atoms with van der Waals surface area (Å²) in [6.07, 6.45) is -8.68. The van der Waals surface area contributed by atoms with Crippen molar-refractivity contribution in [2.45, 2.75) is 18.2 Å². The Balaban J connectivity index is 2.80. The quantitative estimate of drug-likeness (QED) is 0.884. The van der Waals surface area contributed by atoms with E-state index >= 15 is 0 Å². The van der Waals surface area contributed by atoms with Crippen LogP contribution < -0.4 is 4.74 Å². The second kappa shape index (κ2) is 4.87. The van der Waals surface area contributed by atoms with E-state index in [0.29, 0.717) is 0 Å². The molecule has 1 atom stereocenters. The molecule has 1 heterocycles. The average molecular weight is 309 g/mol. The van der Waals surface area contributed by atoms with Crippen LogP contribution in [0, 0.1) is 0 Å². The summed E-state index contributed by atoms with van der Waals surface area (Å²) in [6.45, 7) is 0. The van der Waals surface area contributed by atoms with Gasteiger partial charge in [-0.1, -0.05) is 0 Å². The SMILES string of the molecule is COc1ccc2c(c1)c(C(O)(C(F)F)C(F)(F)F)cn2C. The molecule has 0 saturated carbocycles. The Labute approximate surface area is 116 Å². The molecular weight excluding hydrogens is 297 g/mol. The Hall–Kier alpha value is -1.83. The van der Waals surface area contributed by atoms with Gasteiger partial charge in [0.25, 0.3) is 6.43 Å². The molecule has 0 spiro atoms. The van der Waals surface area contributed by atoms with Crippen LogP contribution in [-0.2, 0) is 12.6 Å². The van der Waals surface area contributed by atoms with Gasteiger partial charge in [-0.15, -0.1) is 0 Å². The van der Waals surface area contributed by atoms with Gasteiger partial charge < -0.3 is 14.4 Å². The van der Waals surface area contributed by atoms with Gasteiger partial charge in [0.05, 0.1) is 7.11 Å². The third-order valence-corrected chi connectivity index (χ3v) is 3.36. The lowest BCUT2D eigenvalue weighted by Gasteiger charge is -2.29. The van der Waals surface area contributed by atoms with Gasteiger partial charge in [0.1, 0.15) is 5.75 Å². The summed E-state index contributed by atoms with van der Waals surface area (Å²) in [4.78, 5) is 0. The first-order valence-corrected chi connectivity index (χ1v) is 5.83. The fraction of sp³-hybridized carbons (Fsp3) is 0.385. The number of aromatic nitrogens is 1. The van der Waals surface area contributed by atoms with Gasteiger partial charge in [-0.25, -0.2) is 8.78 Å². The molecule has 0 bridgehead atoms. The predicted molar refractivity (Wildman–Crippen MR) is 65.4 cm³/mol. The number of hydrogen-bond acceptors (Lipinski definition) is 2. The zero-order valence-electron chi connectivity index (χ0n) is 11.1. The number of methoxy groups -OCH3 is 1. The number of alkyl halides is 5. The van der Waals surface area contributed by atoms with Crippen molar-refractivity contribution in [3.8, 4) is 5.75 Å². The topological polar surface area (TPSA) is 34.4 Å². The van der Waals surface area contributed by atoms with Crippen molar-refractivity contribution in [3.63, 3.8) is 0 Å². The van der Waals surface area contributed by atoms with E-state index in [1.807, 2.05) is 0 Å². The largest absolute Gasteiger partial charge is 0.497 e. The van der Waals surface area contributed by atoms with Crippen molar-refractivity contribution in [2.75, 3.05) is 7.11 Å². The molecular formula is C13H12F5NO2. The molecule has 2 rings (SSSR count). The summed E-state index contributed by atoms with van der Waals surface area (Å²) in [6, 6.07) is 4.10. The maximum Gasteiger partial charge on any atom is 0.427 e. The Bertz CT molecular complexity index is 664. The van der Waals surface area contributed by atoms with E-state index in [9.17, 15) is 27.1 Å². The molecule has 3 nitrogen and oxygen atoms in total. The molecule has 0 fully saturated rings. The standard InChI is InChI=1S/C13H12F5NO2/c1-19-6-9(12(20,11(14)15)13(16,17)18)8-5-7(21-2)3-4-10(8)19/h3-6,11,20H,1-2H3. The summed E-state index contributed by atoms with van der Waals surface area (Å²) in [5, 5.41) is 9.50. The normalized spacial score (nSPS) is 15.5. The van der Waals surface area contributed by atoms with Crippen LogP contribution in [0.15, 0.2) is 24.4 Å². The van der Waals surface area contributed by atoms with Crippen LogP contribution in [0.5, 0.6) is 5.75 Å². The molecule has 1 N–H and O–H groups in total. The van der Waals surface area contributed by atoms with Gasteiger partial charge >= 0.3 is 6.18 Å². The number of aliphatic hydroxyl groups is 1. The molecule has 0 radical (unpaired) electrons. The van der Waals surface area contributed by atoms with E-state index < -0.39 is 23.8 Å². The maximum atomic E-state index is 13.0. The Morgan fingerprint density at radius 3 is 2.33 bits per heavy atom. The number of aryl methyl sites for hydroxylation is 1. The van der Waals surface area contributed by atoms with Crippen molar-refractivity contribution in [3.05, 3.63) is 30.0 Å². The lowest BCUT2D eigenvalue weighted by molar-refractivity contribution is -0.305. The lowest BCUT2D eigenvalue weighted by atomic mass is 9.93. The third-order valence-electron chi connectivity index (χ3n) is 3.36. The number of fused-ring (bicyclic) bond motifs is 1. The van der Waals surface area contributed by atoms with Gasteiger partial charge in [-0.05, 0) is 18.2 Å². The number of halogens is 5. The van der Waals surface area contributed by atoms with E-state index in [2.05, 4.69) is 0 Å². The molecule has 1 aromatic heterocycles. The Morgan fingerprint density at radius 1 is 1.24 bits per heavy atom. The van der Waals surface area contributed by atoms with E-state index in [1.165, 1.54) is 36.9 Å². The van der Waals surface area contributed by atoms with Gasteiger partial charge in [-0.3, -0.25) is 0 Å². The van der Waals surface area contributed by atoms with Gasteiger partial charge in [0, 0.05) is 29.7 Å². The van der Waals surface area contributed by atoms with Crippen LogP contribution >= 0.6 is 0 Å². The van der Waals surface area contributed by atoms with Gasteiger partial charge in [-0.2, -0.15) is 13.2 Å². The van der Waals surface area contributed by atoms with Crippen molar-refractivity contribution in [2.24, 2.45) is 7.05 Å². The first-order valence-electron chi connectivity index (χ1n) is 5.83. The summed E-state index contributed by atoms with van der Waals surface area (Å²) in [5.41, 5.74) is -4.87. The van der Waals surface area contributed by atoms with Crippen LogP contribution in [0.4, 0.5) is 22.0 Å². The monoisotopic (exact) mass is 309 g/mol. The second-order valence-electron chi connectivity index (χ2n) is 4.60. The summed E-state index contributed by atoms with van der Waals surface area (Å²) >= 11 is 0. The number of nitrogens with zero attached hydrogens (tertiary/aromatic N) is 1. The molecule has 2 aromatic rings. The smallest absolute Gasteiger partial charge is 0.427 e. The van der Waals surface area contributed by atoms with E-state index in [4.69, 9.17) is 4.74 Å². The zero-order chi connectivity index (χ0) is 16.0. The van der Waals surface area contributed by atoms with E-state index in [-0.39, 0.29) is 16.7 Å². The molecule has 0 aliphatic carbocycles. The fourth-order valence-electron chi connectivity index (χ4n) is 2.20. The molecule has 0 aliphatic heterocycles. The first kappa shape index (κ1) is 15.6. The first-order chi connectivity index (χ1) is 9.62.